The minimum atomic E-state index is -1.08. The summed E-state index contributed by atoms with van der Waals surface area (Å²) < 4.78 is 10.1. The summed E-state index contributed by atoms with van der Waals surface area (Å²) in [5, 5.41) is 19.1. The average Bonchev–Trinajstić information content (AvgIpc) is 3.28. The topological polar surface area (TPSA) is 137 Å². The van der Waals surface area contributed by atoms with Gasteiger partial charge in [-0.3, -0.25) is 20.2 Å². The van der Waals surface area contributed by atoms with Crippen LogP contribution in [-0.4, -0.2) is 33.0 Å². The van der Waals surface area contributed by atoms with Crippen molar-refractivity contribution in [3.8, 4) is 11.3 Å². The summed E-state index contributed by atoms with van der Waals surface area (Å²) in [6, 6.07) is 6.02. The Hall–Kier alpha value is -3.60. The molecule has 1 unspecified atom stereocenters. The molecule has 0 aliphatic rings. The number of aryl methyl sites for hydroxylation is 2. The van der Waals surface area contributed by atoms with Crippen LogP contribution in [0.15, 0.2) is 34.2 Å². The third-order valence-electron chi connectivity index (χ3n) is 3.98. The molecule has 10 nitrogen and oxygen atoms in total. The highest BCUT2D eigenvalue weighted by Gasteiger charge is 2.24. The molecule has 29 heavy (non-hydrogen) atoms. The van der Waals surface area contributed by atoms with E-state index in [0.29, 0.717) is 22.7 Å². The van der Waals surface area contributed by atoms with Gasteiger partial charge in [-0.25, -0.2) is 9.78 Å². The first kappa shape index (κ1) is 20.1. The fourth-order valence-corrected chi connectivity index (χ4v) is 3.22. The van der Waals surface area contributed by atoms with Gasteiger partial charge in [0.2, 0.25) is 0 Å². The maximum atomic E-state index is 12.3. The van der Waals surface area contributed by atoms with Gasteiger partial charge in [0, 0.05) is 23.1 Å². The van der Waals surface area contributed by atoms with Gasteiger partial charge in [0.15, 0.2) is 11.2 Å². The van der Waals surface area contributed by atoms with E-state index in [4.69, 9.17) is 9.26 Å². The van der Waals surface area contributed by atoms with Gasteiger partial charge in [0.1, 0.15) is 11.3 Å². The number of esters is 1. The molecular weight excluding hydrogens is 400 g/mol. The summed E-state index contributed by atoms with van der Waals surface area (Å²) >= 11 is 1.15. The summed E-state index contributed by atoms with van der Waals surface area (Å²) in [6.45, 7) is 4.61. The first-order valence-corrected chi connectivity index (χ1v) is 9.29. The van der Waals surface area contributed by atoms with Crippen LogP contribution in [0.4, 0.5) is 10.8 Å². The number of carbonyl (C=O) groups is 2. The third-order valence-corrected chi connectivity index (χ3v) is 4.74. The van der Waals surface area contributed by atoms with E-state index in [-0.39, 0.29) is 16.4 Å². The predicted molar refractivity (Wildman–Crippen MR) is 104 cm³/mol. The molecule has 150 valence electrons. The van der Waals surface area contributed by atoms with Crippen molar-refractivity contribution in [2.75, 3.05) is 5.32 Å². The lowest BCUT2D eigenvalue weighted by Gasteiger charge is -2.12. The molecular formula is C18H16N4O6S. The molecule has 0 bridgehead atoms. The predicted octanol–water partition coefficient (Wildman–Crippen LogP) is 3.51. The Bertz CT molecular complexity index is 1070. The molecule has 0 saturated carbocycles. The number of hydrogen-bond donors (Lipinski definition) is 1. The van der Waals surface area contributed by atoms with Crippen molar-refractivity contribution in [3.63, 3.8) is 0 Å². The van der Waals surface area contributed by atoms with Gasteiger partial charge in [-0.05, 0) is 20.8 Å². The highest BCUT2D eigenvalue weighted by molar-refractivity contribution is 7.14. The van der Waals surface area contributed by atoms with E-state index in [1.807, 2.05) is 0 Å². The van der Waals surface area contributed by atoms with Crippen LogP contribution >= 0.6 is 11.3 Å². The molecule has 2 aromatic heterocycles. The molecule has 0 radical (unpaired) electrons. The summed E-state index contributed by atoms with van der Waals surface area (Å²) in [5.74, 6) is -0.966. The minimum Gasteiger partial charge on any atom is -0.449 e. The van der Waals surface area contributed by atoms with Crippen molar-refractivity contribution >= 4 is 34.0 Å². The van der Waals surface area contributed by atoms with E-state index in [0.717, 1.165) is 11.3 Å². The molecule has 1 atom stereocenters. The standard InChI is InChI=1S/C18H16N4O6S/c1-9-15(10(2)28-21-9)17(24)27-11(3)16(23)20-18-19-14(8-29-18)12-5-4-6-13(7-12)22(25)26/h4-8,11H,1-3H3,(H,19,20,23). The van der Waals surface area contributed by atoms with Gasteiger partial charge < -0.3 is 9.26 Å². The van der Waals surface area contributed by atoms with Gasteiger partial charge in [0.25, 0.3) is 11.6 Å². The Morgan fingerprint density at radius 3 is 2.76 bits per heavy atom. The number of rotatable bonds is 6. The SMILES string of the molecule is Cc1noc(C)c1C(=O)OC(C)C(=O)Nc1nc(-c2cccc([N+](=O)[O-])c2)cs1. The number of nitro benzene ring substituents is 1. The smallest absolute Gasteiger partial charge is 0.344 e. The fourth-order valence-electron chi connectivity index (χ4n) is 2.50. The number of benzene rings is 1. The van der Waals surface area contributed by atoms with E-state index in [1.165, 1.54) is 19.1 Å². The van der Waals surface area contributed by atoms with Crippen molar-refractivity contribution in [3.05, 3.63) is 56.8 Å². The van der Waals surface area contributed by atoms with Crippen LogP contribution in [0.1, 0.15) is 28.7 Å². The van der Waals surface area contributed by atoms with Crippen molar-refractivity contribution in [1.82, 2.24) is 10.1 Å². The summed E-state index contributed by atoms with van der Waals surface area (Å²) in [6.07, 6.45) is -1.08. The monoisotopic (exact) mass is 416 g/mol. The molecule has 1 aromatic carbocycles. The number of thiazole rings is 1. The number of carbonyl (C=O) groups excluding carboxylic acids is 2. The Balaban J connectivity index is 1.66. The Kier molecular flexibility index (Phi) is 5.69. The molecule has 1 amide bonds. The third kappa shape index (κ3) is 4.46. The zero-order valence-electron chi connectivity index (χ0n) is 15.7. The lowest BCUT2D eigenvalue weighted by Crippen LogP contribution is -2.30. The molecule has 3 rings (SSSR count). The van der Waals surface area contributed by atoms with Crippen LogP contribution in [0.3, 0.4) is 0 Å². The number of nitro groups is 1. The number of anilines is 1. The number of non-ortho nitro benzene ring substituents is 1. The van der Waals surface area contributed by atoms with Gasteiger partial charge in [-0.15, -0.1) is 11.3 Å². The summed E-state index contributed by atoms with van der Waals surface area (Å²) in [4.78, 5) is 39.2. The Labute approximate surface area is 168 Å². The van der Waals surface area contributed by atoms with Crippen LogP contribution in [0, 0.1) is 24.0 Å². The number of amides is 1. The molecule has 1 N–H and O–H groups in total. The molecule has 11 heteroatoms. The highest BCUT2D eigenvalue weighted by atomic mass is 32.1. The van der Waals surface area contributed by atoms with Gasteiger partial charge >= 0.3 is 5.97 Å². The van der Waals surface area contributed by atoms with Crippen molar-refractivity contribution in [2.45, 2.75) is 26.9 Å². The summed E-state index contributed by atoms with van der Waals surface area (Å²) in [5.41, 5.74) is 1.54. The van der Waals surface area contributed by atoms with Gasteiger partial charge in [0.05, 0.1) is 16.3 Å². The molecule has 2 heterocycles. The van der Waals surface area contributed by atoms with E-state index in [9.17, 15) is 19.7 Å². The number of aromatic nitrogens is 2. The zero-order chi connectivity index (χ0) is 21.1. The normalized spacial score (nSPS) is 11.7. The van der Waals surface area contributed by atoms with Gasteiger partial charge in [-0.2, -0.15) is 0 Å². The van der Waals surface area contributed by atoms with E-state index < -0.39 is 22.9 Å². The minimum absolute atomic E-state index is 0.0547. The van der Waals surface area contributed by atoms with E-state index in [2.05, 4.69) is 15.5 Å². The number of nitrogens with one attached hydrogen (secondary N) is 1. The lowest BCUT2D eigenvalue weighted by atomic mass is 10.1. The van der Waals surface area contributed by atoms with E-state index in [1.54, 1.807) is 31.4 Å². The van der Waals surface area contributed by atoms with Crippen LogP contribution < -0.4 is 5.32 Å². The maximum Gasteiger partial charge on any atom is 0.344 e. The second-order valence-electron chi connectivity index (χ2n) is 6.08. The van der Waals surface area contributed by atoms with Crippen LogP contribution in [-0.2, 0) is 9.53 Å². The molecule has 3 aromatic rings. The van der Waals surface area contributed by atoms with Crippen LogP contribution in [0.5, 0.6) is 0 Å². The molecule has 0 fully saturated rings. The highest BCUT2D eigenvalue weighted by Crippen LogP contribution is 2.27. The largest absolute Gasteiger partial charge is 0.449 e. The first-order valence-electron chi connectivity index (χ1n) is 8.41. The van der Waals surface area contributed by atoms with Crippen LogP contribution in [0.2, 0.25) is 0 Å². The molecule has 0 saturated heterocycles. The van der Waals surface area contributed by atoms with Crippen LogP contribution in [0.25, 0.3) is 11.3 Å². The Morgan fingerprint density at radius 2 is 2.10 bits per heavy atom. The second-order valence-corrected chi connectivity index (χ2v) is 6.94. The van der Waals surface area contributed by atoms with Gasteiger partial charge in [-0.1, -0.05) is 17.3 Å². The molecule has 0 aliphatic heterocycles. The number of hydrogen-bond acceptors (Lipinski definition) is 9. The van der Waals surface area contributed by atoms with E-state index >= 15 is 0 Å². The molecule has 0 spiro atoms. The maximum absolute atomic E-state index is 12.3. The quantitative estimate of drug-likeness (QED) is 0.366. The number of ether oxygens (including phenoxy) is 1. The first-order chi connectivity index (χ1) is 13.8. The van der Waals surface area contributed by atoms with Crippen molar-refractivity contribution < 1.29 is 23.8 Å². The lowest BCUT2D eigenvalue weighted by molar-refractivity contribution is -0.384. The molecule has 0 aliphatic carbocycles. The zero-order valence-corrected chi connectivity index (χ0v) is 16.5. The van der Waals surface area contributed by atoms with Crippen molar-refractivity contribution in [2.24, 2.45) is 0 Å². The summed E-state index contributed by atoms with van der Waals surface area (Å²) in [7, 11) is 0. The number of nitrogens with zero attached hydrogens (tertiary/aromatic N) is 3. The Morgan fingerprint density at radius 1 is 1.34 bits per heavy atom. The fraction of sp³-hybridized carbons (Fsp3) is 0.222. The second kappa shape index (κ2) is 8.19. The van der Waals surface area contributed by atoms with Crippen molar-refractivity contribution in [1.29, 1.82) is 0 Å². The average molecular weight is 416 g/mol.